The predicted molar refractivity (Wildman–Crippen MR) is 81.2 cm³/mol. The summed E-state index contributed by atoms with van der Waals surface area (Å²) in [5, 5.41) is 0. The van der Waals surface area contributed by atoms with Crippen LogP contribution in [0.25, 0.3) is 11.0 Å². The maximum atomic E-state index is 6.07. The van der Waals surface area contributed by atoms with E-state index in [4.69, 9.17) is 15.5 Å². The van der Waals surface area contributed by atoms with E-state index < -0.39 is 0 Å². The summed E-state index contributed by atoms with van der Waals surface area (Å²) in [5.74, 6) is 2.54. The van der Waals surface area contributed by atoms with Gasteiger partial charge in [-0.3, -0.25) is 0 Å². The van der Waals surface area contributed by atoms with Crippen molar-refractivity contribution in [2.24, 2.45) is 5.73 Å². The summed E-state index contributed by atoms with van der Waals surface area (Å²) in [6, 6.07) is 6.87. The monoisotopic (exact) mass is 273 g/mol. The molecule has 2 N–H and O–H groups in total. The molecule has 4 heteroatoms. The Bertz CT molecular complexity index is 617. The second-order valence-corrected chi connectivity index (χ2v) is 6.06. The number of benzene rings is 1. The van der Waals surface area contributed by atoms with E-state index in [9.17, 15) is 0 Å². The molecular weight excluding hydrogens is 250 g/mol. The van der Waals surface area contributed by atoms with E-state index >= 15 is 0 Å². The zero-order valence-corrected chi connectivity index (χ0v) is 12.5. The number of aromatic nitrogens is 2. The van der Waals surface area contributed by atoms with Crippen LogP contribution in [0.5, 0.6) is 5.75 Å². The van der Waals surface area contributed by atoms with Gasteiger partial charge in [0.15, 0.2) is 0 Å². The second kappa shape index (κ2) is 5.09. The van der Waals surface area contributed by atoms with E-state index in [-0.39, 0.29) is 0 Å². The van der Waals surface area contributed by atoms with Crippen LogP contribution in [0.2, 0.25) is 0 Å². The first-order chi connectivity index (χ1) is 9.60. The highest BCUT2D eigenvalue weighted by atomic mass is 16.5. The molecule has 2 aromatic rings. The molecular formula is C16H23N3O. The summed E-state index contributed by atoms with van der Waals surface area (Å²) in [7, 11) is 1.69. The lowest BCUT2D eigenvalue weighted by molar-refractivity contribution is 0.415. The minimum absolute atomic E-state index is 0.329. The molecule has 3 rings (SSSR count). The summed E-state index contributed by atoms with van der Waals surface area (Å²) in [5.41, 5.74) is 8.28. The van der Waals surface area contributed by atoms with Crippen LogP contribution >= 0.6 is 0 Å². The molecule has 0 amide bonds. The second-order valence-electron chi connectivity index (χ2n) is 6.06. The first kappa shape index (κ1) is 13.4. The minimum Gasteiger partial charge on any atom is -0.497 e. The van der Waals surface area contributed by atoms with Crippen molar-refractivity contribution in [2.75, 3.05) is 7.11 Å². The van der Waals surface area contributed by atoms with Gasteiger partial charge in [-0.15, -0.1) is 0 Å². The van der Waals surface area contributed by atoms with Crippen molar-refractivity contribution in [2.45, 2.75) is 51.1 Å². The number of nitrogens with two attached hydrogens (primary N) is 1. The summed E-state index contributed by atoms with van der Waals surface area (Å²) in [4.78, 5) is 4.89. The Morgan fingerprint density at radius 3 is 2.75 bits per heavy atom. The van der Waals surface area contributed by atoms with Crippen molar-refractivity contribution in [1.29, 1.82) is 0 Å². The highest BCUT2D eigenvalue weighted by Gasteiger charge is 2.28. The summed E-state index contributed by atoms with van der Waals surface area (Å²) < 4.78 is 7.66. The van der Waals surface area contributed by atoms with Gasteiger partial charge in [0.2, 0.25) is 0 Å². The molecule has 0 radical (unpaired) electrons. The average Bonchev–Trinajstić information content (AvgIpc) is 3.00. The number of hydrogen-bond donors (Lipinski definition) is 1. The largest absolute Gasteiger partial charge is 0.497 e. The number of rotatable bonds is 3. The van der Waals surface area contributed by atoms with Crippen molar-refractivity contribution in [3.8, 4) is 5.75 Å². The van der Waals surface area contributed by atoms with Crippen LogP contribution in [0, 0.1) is 0 Å². The molecule has 108 valence electrons. The molecule has 0 aliphatic heterocycles. The molecule has 1 saturated carbocycles. The van der Waals surface area contributed by atoms with Crippen molar-refractivity contribution >= 4 is 11.0 Å². The Hall–Kier alpha value is -1.55. The summed E-state index contributed by atoms with van der Waals surface area (Å²) in [6.07, 6.45) is 3.30. The fourth-order valence-corrected chi connectivity index (χ4v) is 3.31. The van der Waals surface area contributed by atoms with Gasteiger partial charge < -0.3 is 15.0 Å². The molecule has 0 saturated heterocycles. The number of nitrogens with zero attached hydrogens (tertiary/aromatic N) is 2. The van der Waals surface area contributed by atoms with Gasteiger partial charge in [-0.1, -0.05) is 0 Å². The predicted octanol–water partition coefficient (Wildman–Crippen LogP) is 3.22. The number of imidazole rings is 1. The van der Waals surface area contributed by atoms with Crippen molar-refractivity contribution < 1.29 is 4.74 Å². The van der Waals surface area contributed by atoms with Crippen LogP contribution in [0.3, 0.4) is 0 Å². The molecule has 0 unspecified atom stereocenters. The van der Waals surface area contributed by atoms with E-state index in [2.05, 4.69) is 24.5 Å². The number of ether oxygens (including phenoxy) is 1. The number of hydrogen-bond acceptors (Lipinski definition) is 3. The van der Waals surface area contributed by atoms with Gasteiger partial charge in [-0.25, -0.2) is 4.98 Å². The minimum atomic E-state index is 0.329. The van der Waals surface area contributed by atoms with E-state index in [1.54, 1.807) is 7.11 Å². The molecule has 1 heterocycles. The maximum Gasteiger partial charge on any atom is 0.121 e. The molecule has 1 aromatic heterocycles. The van der Waals surface area contributed by atoms with Gasteiger partial charge >= 0.3 is 0 Å². The van der Waals surface area contributed by atoms with E-state index in [0.29, 0.717) is 18.0 Å². The van der Waals surface area contributed by atoms with Gasteiger partial charge in [-0.05, 0) is 45.2 Å². The van der Waals surface area contributed by atoms with Crippen molar-refractivity contribution in [3.05, 3.63) is 24.0 Å². The van der Waals surface area contributed by atoms with Gasteiger partial charge in [0.05, 0.1) is 18.1 Å². The van der Waals surface area contributed by atoms with Crippen LogP contribution in [0.1, 0.15) is 50.9 Å². The first-order valence-corrected chi connectivity index (χ1v) is 7.41. The molecule has 1 fully saturated rings. The van der Waals surface area contributed by atoms with Crippen molar-refractivity contribution in [3.63, 3.8) is 0 Å². The van der Waals surface area contributed by atoms with Gasteiger partial charge in [0.25, 0.3) is 0 Å². The standard InChI is InChI=1S/C16H23N3O/c1-10(2)19-15-7-6-13(20-3)9-14(15)18-16(19)11-4-5-12(17)8-11/h6-7,9-12H,4-5,8,17H2,1-3H3/t11-,12+/m1/s1. The third-order valence-corrected chi connectivity index (χ3v) is 4.28. The van der Waals surface area contributed by atoms with Crippen LogP contribution < -0.4 is 10.5 Å². The SMILES string of the molecule is COc1ccc2c(c1)nc([C@@H]1CC[C@H](N)C1)n2C(C)C. The van der Waals surface area contributed by atoms with E-state index in [1.807, 2.05) is 12.1 Å². The maximum absolute atomic E-state index is 6.07. The van der Waals surface area contributed by atoms with Gasteiger partial charge in [0, 0.05) is 24.1 Å². The fourth-order valence-electron chi connectivity index (χ4n) is 3.31. The zero-order chi connectivity index (χ0) is 14.3. The number of methoxy groups -OCH3 is 1. The third kappa shape index (κ3) is 2.18. The summed E-state index contributed by atoms with van der Waals surface area (Å²) >= 11 is 0. The molecule has 1 aliphatic rings. The summed E-state index contributed by atoms with van der Waals surface area (Å²) in [6.45, 7) is 4.42. The van der Waals surface area contributed by atoms with Crippen LogP contribution in [-0.2, 0) is 0 Å². The molecule has 1 aromatic carbocycles. The molecule has 0 bridgehead atoms. The highest BCUT2D eigenvalue weighted by Crippen LogP contribution is 2.36. The Balaban J connectivity index is 2.12. The van der Waals surface area contributed by atoms with Gasteiger partial charge in [-0.2, -0.15) is 0 Å². The Morgan fingerprint density at radius 1 is 1.35 bits per heavy atom. The fraction of sp³-hybridized carbons (Fsp3) is 0.562. The van der Waals surface area contributed by atoms with E-state index in [0.717, 1.165) is 30.5 Å². The third-order valence-electron chi connectivity index (χ3n) is 4.28. The Morgan fingerprint density at radius 2 is 2.15 bits per heavy atom. The van der Waals surface area contributed by atoms with Crippen LogP contribution in [-0.4, -0.2) is 22.7 Å². The lowest BCUT2D eigenvalue weighted by Gasteiger charge is -2.17. The molecule has 20 heavy (non-hydrogen) atoms. The normalized spacial score (nSPS) is 22.9. The smallest absolute Gasteiger partial charge is 0.121 e. The molecule has 2 atom stereocenters. The Labute approximate surface area is 119 Å². The van der Waals surface area contributed by atoms with Crippen LogP contribution in [0.15, 0.2) is 18.2 Å². The lowest BCUT2D eigenvalue weighted by Crippen LogP contribution is -2.16. The zero-order valence-electron chi connectivity index (χ0n) is 12.5. The van der Waals surface area contributed by atoms with Crippen molar-refractivity contribution in [1.82, 2.24) is 9.55 Å². The quantitative estimate of drug-likeness (QED) is 0.934. The van der Waals surface area contributed by atoms with Gasteiger partial charge in [0.1, 0.15) is 11.6 Å². The first-order valence-electron chi connectivity index (χ1n) is 7.41. The topological polar surface area (TPSA) is 53.1 Å². The van der Waals surface area contributed by atoms with E-state index in [1.165, 1.54) is 11.3 Å². The molecule has 1 aliphatic carbocycles. The average molecular weight is 273 g/mol. The van der Waals surface area contributed by atoms with Crippen LogP contribution in [0.4, 0.5) is 0 Å². The molecule has 4 nitrogen and oxygen atoms in total. The Kier molecular flexibility index (Phi) is 3.42. The highest BCUT2D eigenvalue weighted by molar-refractivity contribution is 5.78. The molecule has 0 spiro atoms. The lowest BCUT2D eigenvalue weighted by atomic mass is 10.1. The number of fused-ring (bicyclic) bond motifs is 1.